The lowest BCUT2D eigenvalue weighted by molar-refractivity contribution is -0.117. The molecule has 38 heavy (non-hydrogen) atoms. The van der Waals surface area contributed by atoms with Gasteiger partial charge in [-0.2, -0.15) is 18.3 Å². The minimum absolute atomic E-state index is 0.0890. The van der Waals surface area contributed by atoms with Crippen LogP contribution in [0.15, 0.2) is 45.5 Å². The van der Waals surface area contributed by atoms with E-state index in [1.165, 1.54) is 18.0 Å². The number of aliphatic imine (C=N–C) groups is 1. The quantitative estimate of drug-likeness (QED) is 0.361. The summed E-state index contributed by atoms with van der Waals surface area (Å²) in [6.07, 6.45) is -3.86. The van der Waals surface area contributed by atoms with E-state index in [1.54, 1.807) is 31.3 Å². The molecule has 2 amide bonds. The summed E-state index contributed by atoms with van der Waals surface area (Å²) >= 11 is 0. The van der Waals surface area contributed by atoms with Gasteiger partial charge >= 0.3 is 6.18 Å². The number of nitrogens with zero attached hydrogens (tertiary/aromatic N) is 3. The number of alkyl halides is 5. The molecule has 1 saturated heterocycles. The second kappa shape index (κ2) is 11.7. The van der Waals surface area contributed by atoms with Crippen molar-refractivity contribution in [2.75, 3.05) is 32.0 Å². The molecule has 208 valence electrons. The molecular formula is C25H31F5N6O2. The second-order valence-corrected chi connectivity index (χ2v) is 9.43. The number of hydrogen-bond donors (Lipinski definition) is 3. The molecule has 3 rings (SSSR count). The first-order chi connectivity index (χ1) is 17.8. The van der Waals surface area contributed by atoms with Gasteiger partial charge in [-0.3, -0.25) is 19.9 Å². The third kappa shape index (κ3) is 7.01. The molecule has 0 saturated carbocycles. The topological polar surface area (TPSA) is 98.2 Å². The van der Waals surface area contributed by atoms with Gasteiger partial charge in [0.15, 0.2) is 5.71 Å². The maximum Gasteiger partial charge on any atom is 0.435 e. The van der Waals surface area contributed by atoms with Crippen LogP contribution in [0.25, 0.3) is 0 Å². The average Bonchev–Trinajstić information content (AvgIpc) is 2.99. The Kier molecular flexibility index (Phi) is 9.03. The minimum Gasteiger partial charge on any atom is -0.322 e. The van der Waals surface area contributed by atoms with Crippen molar-refractivity contribution in [2.24, 2.45) is 10.1 Å². The minimum atomic E-state index is -4.83. The molecule has 13 heteroatoms. The lowest BCUT2D eigenvalue weighted by Crippen LogP contribution is -2.61. The summed E-state index contributed by atoms with van der Waals surface area (Å²) in [6.45, 7) is 2.72. The molecule has 1 fully saturated rings. The number of benzene rings is 1. The van der Waals surface area contributed by atoms with Crippen molar-refractivity contribution >= 4 is 29.4 Å². The van der Waals surface area contributed by atoms with E-state index in [-0.39, 0.29) is 50.4 Å². The highest BCUT2D eigenvalue weighted by molar-refractivity contribution is 6.15. The summed E-state index contributed by atoms with van der Waals surface area (Å²) in [5, 5.41) is 8.86. The van der Waals surface area contributed by atoms with Gasteiger partial charge in [-0.25, -0.2) is 13.8 Å². The maximum atomic E-state index is 14.0. The molecule has 1 unspecified atom stereocenters. The Balaban J connectivity index is 1.90. The zero-order chi connectivity index (χ0) is 28.1. The lowest BCUT2D eigenvalue weighted by atomic mass is 9.89. The van der Waals surface area contributed by atoms with Gasteiger partial charge in [0.1, 0.15) is 5.66 Å². The Bertz CT molecular complexity index is 1150. The molecule has 0 spiro atoms. The fourth-order valence-corrected chi connectivity index (χ4v) is 4.61. The number of rotatable bonds is 7. The first kappa shape index (κ1) is 29.4. The number of carbonyl (C=O) groups is 2. The Morgan fingerprint density at radius 2 is 1.97 bits per heavy atom. The fraction of sp³-hybridized carbons (Fsp3) is 0.520. The Morgan fingerprint density at radius 3 is 2.66 bits per heavy atom. The van der Waals surface area contributed by atoms with Crippen molar-refractivity contribution in [3.05, 3.63) is 41.0 Å². The average molecular weight is 543 g/mol. The summed E-state index contributed by atoms with van der Waals surface area (Å²) in [5.74, 6) is -4.07. The number of likely N-dealkylation sites (N-methyl/N-ethyl adjacent to an activating group) is 1. The van der Waals surface area contributed by atoms with Gasteiger partial charge in [0.2, 0.25) is 5.92 Å². The summed E-state index contributed by atoms with van der Waals surface area (Å²) in [7, 11) is 1.62. The van der Waals surface area contributed by atoms with Crippen molar-refractivity contribution in [3.63, 3.8) is 0 Å². The van der Waals surface area contributed by atoms with Crippen LogP contribution in [0.2, 0.25) is 0 Å². The van der Waals surface area contributed by atoms with Crippen molar-refractivity contribution in [3.8, 4) is 0 Å². The Morgan fingerprint density at radius 1 is 1.24 bits per heavy atom. The van der Waals surface area contributed by atoms with Crippen LogP contribution >= 0.6 is 0 Å². The standard InChI is InChI=1S/C25H31F5N6O2/c1-16-20(22(38)33-18-7-4-6-17(14-18)8-11-32-19(37)15-31-3)23(2,35-34-21(16)25(28,29)30)36-12-5-9-24(26,27)10-13-36/h4,6-7,11,14,31,35H,5,8-10,12-13,15H2,1-3H3,(H,33,38). The predicted molar refractivity (Wildman–Crippen MR) is 134 cm³/mol. The lowest BCUT2D eigenvalue weighted by Gasteiger charge is -2.44. The van der Waals surface area contributed by atoms with Gasteiger partial charge in [0.25, 0.3) is 11.8 Å². The van der Waals surface area contributed by atoms with Gasteiger partial charge in [0.05, 0.1) is 12.1 Å². The number of halogens is 5. The molecule has 1 aromatic carbocycles. The zero-order valence-corrected chi connectivity index (χ0v) is 21.4. The summed E-state index contributed by atoms with van der Waals surface area (Å²) in [4.78, 5) is 30.4. The van der Waals surface area contributed by atoms with Crippen molar-refractivity contribution in [1.82, 2.24) is 15.6 Å². The van der Waals surface area contributed by atoms with Gasteiger partial charge < -0.3 is 10.6 Å². The summed E-state index contributed by atoms with van der Waals surface area (Å²) < 4.78 is 69.2. The molecular weight excluding hydrogens is 511 g/mol. The van der Waals surface area contributed by atoms with E-state index in [2.05, 4.69) is 26.2 Å². The number of likely N-dealkylation sites (tertiary alicyclic amines) is 1. The number of carbonyl (C=O) groups excluding carboxylic acids is 2. The first-order valence-electron chi connectivity index (χ1n) is 12.1. The molecule has 0 aliphatic carbocycles. The molecule has 2 aliphatic rings. The zero-order valence-electron chi connectivity index (χ0n) is 21.4. The third-order valence-corrected chi connectivity index (χ3v) is 6.52. The second-order valence-electron chi connectivity index (χ2n) is 9.43. The highest BCUT2D eigenvalue weighted by Crippen LogP contribution is 2.37. The van der Waals surface area contributed by atoms with E-state index < -0.39 is 41.4 Å². The molecule has 2 aliphatic heterocycles. The van der Waals surface area contributed by atoms with Gasteiger partial charge in [-0.1, -0.05) is 12.1 Å². The van der Waals surface area contributed by atoms with Crippen molar-refractivity contribution < 1.29 is 31.5 Å². The molecule has 1 aromatic rings. The number of hydrazone groups is 1. The van der Waals surface area contributed by atoms with Crippen LogP contribution in [-0.4, -0.2) is 73.1 Å². The van der Waals surface area contributed by atoms with Crippen LogP contribution in [0.5, 0.6) is 0 Å². The van der Waals surface area contributed by atoms with E-state index in [4.69, 9.17) is 0 Å². The highest BCUT2D eigenvalue weighted by atomic mass is 19.4. The molecule has 2 heterocycles. The first-order valence-corrected chi connectivity index (χ1v) is 12.1. The van der Waals surface area contributed by atoms with Crippen LogP contribution in [0.1, 0.15) is 38.7 Å². The number of nitrogens with one attached hydrogen (secondary N) is 3. The fourth-order valence-electron chi connectivity index (χ4n) is 4.61. The number of allylic oxidation sites excluding steroid dienone is 1. The van der Waals surface area contributed by atoms with E-state index >= 15 is 0 Å². The third-order valence-electron chi connectivity index (χ3n) is 6.52. The molecule has 0 aromatic heterocycles. The van der Waals surface area contributed by atoms with Crippen LogP contribution in [0.4, 0.5) is 27.6 Å². The van der Waals surface area contributed by atoms with Crippen LogP contribution in [0.3, 0.4) is 0 Å². The molecule has 0 bridgehead atoms. The Hall–Kier alpha value is -3.19. The largest absolute Gasteiger partial charge is 0.435 e. The van der Waals surface area contributed by atoms with E-state index in [0.717, 1.165) is 6.92 Å². The number of amides is 2. The number of anilines is 1. The van der Waals surface area contributed by atoms with Crippen LogP contribution in [-0.2, 0) is 16.0 Å². The predicted octanol–water partition coefficient (Wildman–Crippen LogP) is 3.66. The monoisotopic (exact) mass is 542 g/mol. The molecule has 8 nitrogen and oxygen atoms in total. The summed E-state index contributed by atoms with van der Waals surface area (Å²) in [6, 6.07) is 6.57. The van der Waals surface area contributed by atoms with E-state index in [0.29, 0.717) is 11.3 Å². The SMILES string of the molecule is CNCC(=O)N=CCc1cccc(NC(=O)C2=C(C)C(C(F)(F)F)=NNC2(C)N2CCCC(F)(F)CC2)c1. The molecule has 1 atom stereocenters. The van der Waals surface area contributed by atoms with Gasteiger partial charge in [0, 0.05) is 44.3 Å². The summed E-state index contributed by atoms with van der Waals surface area (Å²) in [5.41, 5.74) is 0.0167. The molecule has 0 radical (unpaired) electrons. The van der Waals surface area contributed by atoms with Crippen LogP contribution < -0.4 is 16.1 Å². The van der Waals surface area contributed by atoms with E-state index in [9.17, 15) is 31.5 Å². The number of hydrogen-bond acceptors (Lipinski definition) is 6. The van der Waals surface area contributed by atoms with Crippen molar-refractivity contribution in [2.45, 2.75) is 57.3 Å². The smallest absolute Gasteiger partial charge is 0.322 e. The Labute approximate surface area is 217 Å². The maximum absolute atomic E-state index is 14.0. The van der Waals surface area contributed by atoms with Crippen molar-refractivity contribution in [1.29, 1.82) is 0 Å². The highest BCUT2D eigenvalue weighted by Gasteiger charge is 2.49. The van der Waals surface area contributed by atoms with E-state index in [1.807, 2.05) is 0 Å². The molecule has 3 N–H and O–H groups in total. The van der Waals surface area contributed by atoms with Crippen LogP contribution in [0, 0.1) is 0 Å². The van der Waals surface area contributed by atoms with Gasteiger partial charge in [-0.15, -0.1) is 0 Å². The van der Waals surface area contributed by atoms with Gasteiger partial charge in [-0.05, 0) is 50.6 Å². The normalized spacial score (nSPS) is 22.6.